The Hall–Kier alpha value is -2.69. The third kappa shape index (κ3) is 3.56. The number of esters is 1. The number of aromatic nitrogens is 1. The molecule has 5 nitrogen and oxygen atoms in total. The Bertz CT molecular complexity index is 764. The number of carbonyl (C=O) groups is 2. The lowest BCUT2D eigenvalue weighted by Crippen LogP contribution is -2.24. The van der Waals surface area contributed by atoms with Crippen LogP contribution in [0.4, 0.5) is 0 Å². The van der Waals surface area contributed by atoms with E-state index in [1.54, 1.807) is 0 Å². The van der Waals surface area contributed by atoms with Crippen LogP contribution in [0.5, 0.6) is 0 Å². The van der Waals surface area contributed by atoms with Crippen LogP contribution in [-0.4, -0.2) is 18.4 Å². The van der Waals surface area contributed by atoms with Crippen molar-refractivity contribution < 1.29 is 19.1 Å². The Morgan fingerprint density at radius 3 is 2.26 bits per heavy atom. The fourth-order valence-electron chi connectivity index (χ4n) is 2.34. The first kappa shape index (κ1) is 16.7. The lowest BCUT2D eigenvalue weighted by Gasteiger charge is -2.13. The number of nitrogens with zero attached hydrogens (tertiary/aromatic N) is 1. The molecule has 0 aliphatic carbocycles. The van der Waals surface area contributed by atoms with Gasteiger partial charge in [0, 0.05) is 17.7 Å². The number of pyridine rings is 1. The highest BCUT2D eigenvalue weighted by Gasteiger charge is 2.16. The second-order valence-electron chi connectivity index (χ2n) is 5.56. The van der Waals surface area contributed by atoms with Crippen molar-refractivity contribution >= 4 is 11.8 Å². The van der Waals surface area contributed by atoms with Crippen LogP contribution in [0.3, 0.4) is 0 Å². The highest BCUT2D eigenvalue weighted by atomic mass is 16.5. The summed E-state index contributed by atoms with van der Waals surface area (Å²) in [5.74, 6) is -0.867. The Balaban J connectivity index is 2.11. The normalized spacial score (nSPS) is 10.4. The second-order valence-corrected chi connectivity index (χ2v) is 5.56. The van der Waals surface area contributed by atoms with Crippen molar-refractivity contribution in [2.75, 3.05) is 6.61 Å². The van der Waals surface area contributed by atoms with E-state index < -0.39 is 5.97 Å². The van der Waals surface area contributed by atoms with Crippen molar-refractivity contribution in [3.63, 3.8) is 0 Å². The first-order chi connectivity index (χ1) is 10.8. The number of hydrogen-bond acceptors (Lipinski definition) is 4. The average molecular weight is 313 g/mol. The Morgan fingerprint density at radius 1 is 1.04 bits per heavy atom. The summed E-state index contributed by atoms with van der Waals surface area (Å²) in [6.07, 6.45) is 2.41. The quantitative estimate of drug-likeness (QED) is 0.376. The number of Topliss-reactive ketones (excluding diaryl/α,β-unsaturated/α-hetero) is 1. The molecule has 0 aliphatic rings. The molecular formula is C18H19NO4. The van der Waals surface area contributed by atoms with Gasteiger partial charge in [0.05, 0.1) is 5.56 Å². The molecule has 2 rings (SSSR count). The SMILES string of the molecule is Cc1cc(C(=O)COC(=O)c2cc[n+]([O-])cc2)c(C)c(C)c1C. The number of ketones is 1. The molecule has 0 radical (unpaired) electrons. The van der Waals surface area contributed by atoms with Gasteiger partial charge >= 0.3 is 5.97 Å². The van der Waals surface area contributed by atoms with Crippen LogP contribution >= 0.6 is 0 Å². The number of aryl methyl sites for hydroxylation is 1. The molecular weight excluding hydrogens is 294 g/mol. The van der Waals surface area contributed by atoms with E-state index in [0.29, 0.717) is 10.3 Å². The van der Waals surface area contributed by atoms with E-state index in [9.17, 15) is 14.8 Å². The molecule has 0 amide bonds. The summed E-state index contributed by atoms with van der Waals surface area (Å²) < 4.78 is 5.62. The van der Waals surface area contributed by atoms with E-state index >= 15 is 0 Å². The van der Waals surface area contributed by atoms with Crippen LogP contribution < -0.4 is 4.73 Å². The lowest BCUT2D eigenvalue weighted by atomic mass is 9.93. The molecule has 1 aromatic heterocycles. The molecule has 0 bridgehead atoms. The number of ether oxygens (including phenoxy) is 1. The minimum absolute atomic E-state index is 0.234. The third-order valence-electron chi connectivity index (χ3n) is 4.15. The van der Waals surface area contributed by atoms with E-state index in [-0.39, 0.29) is 18.0 Å². The molecule has 0 N–H and O–H groups in total. The molecule has 120 valence electrons. The summed E-state index contributed by atoms with van der Waals surface area (Å²) in [6, 6.07) is 4.53. The Morgan fingerprint density at radius 2 is 1.65 bits per heavy atom. The Kier molecular flexibility index (Phi) is 4.79. The van der Waals surface area contributed by atoms with Crippen molar-refractivity contribution in [1.29, 1.82) is 0 Å². The molecule has 0 atom stereocenters. The zero-order valence-electron chi connectivity index (χ0n) is 13.7. The molecule has 0 saturated carbocycles. The van der Waals surface area contributed by atoms with Gasteiger partial charge in [0.25, 0.3) is 0 Å². The first-order valence-electron chi connectivity index (χ1n) is 7.27. The monoisotopic (exact) mass is 313 g/mol. The summed E-state index contributed by atoms with van der Waals surface area (Å²) in [5.41, 5.74) is 4.97. The fraction of sp³-hybridized carbons (Fsp3) is 0.278. The average Bonchev–Trinajstić information content (AvgIpc) is 2.54. The van der Waals surface area contributed by atoms with Crippen LogP contribution in [0.25, 0.3) is 0 Å². The van der Waals surface area contributed by atoms with Crippen molar-refractivity contribution in [1.82, 2.24) is 0 Å². The standard InChI is InChI=1S/C18H19NO4/c1-11-9-16(14(4)13(3)12(11)2)17(20)10-23-18(21)15-5-7-19(22)8-6-15/h5-9H,10H2,1-4H3. The molecule has 23 heavy (non-hydrogen) atoms. The summed E-state index contributed by atoms with van der Waals surface area (Å²) in [7, 11) is 0. The van der Waals surface area contributed by atoms with Gasteiger partial charge in [-0.05, 0) is 56.0 Å². The number of rotatable bonds is 4. The van der Waals surface area contributed by atoms with Crippen molar-refractivity contribution in [2.45, 2.75) is 27.7 Å². The van der Waals surface area contributed by atoms with Crippen molar-refractivity contribution in [2.24, 2.45) is 0 Å². The highest BCUT2D eigenvalue weighted by Crippen LogP contribution is 2.21. The van der Waals surface area contributed by atoms with E-state index in [0.717, 1.165) is 22.3 Å². The second kappa shape index (κ2) is 6.60. The van der Waals surface area contributed by atoms with Crippen molar-refractivity contribution in [3.05, 3.63) is 69.2 Å². The molecule has 0 fully saturated rings. The van der Waals surface area contributed by atoms with Gasteiger partial charge in [0.15, 0.2) is 19.0 Å². The molecule has 0 saturated heterocycles. The molecule has 0 unspecified atom stereocenters. The van der Waals surface area contributed by atoms with Crippen molar-refractivity contribution in [3.8, 4) is 0 Å². The van der Waals surface area contributed by atoms with Gasteiger partial charge < -0.3 is 9.94 Å². The number of hydrogen-bond donors (Lipinski definition) is 0. The van der Waals surface area contributed by atoms with E-state index in [2.05, 4.69) is 0 Å². The van der Waals surface area contributed by atoms with E-state index in [1.807, 2.05) is 33.8 Å². The van der Waals surface area contributed by atoms with Crippen LogP contribution in [0.1, 0.15) is 43.0 Å². The van der Waals surface area contributed by atoms with E-state index in [1.165, 1.54) is 24.5 Å². The van der Waals surface area contributed by atoms with E-state index in [4.69, 9.17) is 4.74 Å². The first-order valence-corrected chi connectivity index (χ1v) is 7.27. The molecule has 0 aliphatic heterocycles. The minimum atomic E-state index is -0.628. The van der Waals surface area contributed by atoms with Crippen LogP contribution in [-0.2, 0) is 4.74 Å². The zero-order chi connectivity index (χ0) is 17.1. The fourth-order valence-corrected chi connectivity index (χ4v) is 2.34. The van der Waals surface area contributed by atoms with Crippen LogP contribution in [0.2, 0.25) is 0 Å². The maximum absolute atomic E-state index is 12.3. The van der Waals surface area contributed by atoms with Gasteiger partial charge in [-0.25, -0.2) is 4.79 Å². The summed E-state index contributed by atoms with van der Waals surface area (Å²) >= 11 is 0. The molecule has 0 spiro atoms. The number of benzene rings is 1. The molecule has 2 aromatic rings. The van der Waals surface area contributed by atoms with Gasteiger partial charge in [-0.15, -0.1) is 0 Å². The summed E-state index contributed by atoms with van der Waals surface area (Å²) in [6.45, 7) is 7.51. The van der Waals surface area contributed by atoms with Gasteiger partial charge in [0.1, 0.15) is 0 Å². The largest absolute Gasteiger partial charge is 0.619 e. The van der Waals surface area contributed by atoms with Gasteiger partial charge in [-0.1, -0.05) is 0 Å². The maximum atomic E-state index is 12.3. The summed E-state index contributed by atoms with van der Waals surface area (Å²) in [5, 5.41) is 10.9. The molecule has 1 aromatic carbocycles. The van der Waals surface area contributed by atoms with Crippen LogP contribution in [0.15, 0.2) is 30.6 Å². The predicted octanol–water partition coefficient (Wildman–Crippen LogP) is 2.59. The third-order valence-corrected chi connectivity index (χ3v) is 4.15. The topological polar surface area (TPSA) is 70.3 Å². The zero-order valence-corrected chi connectivity index (χ0v) is 13.7. The number of carbonyl (C=O) groups excluding carboxylic acids is 2. The van der Waals surface area contributed by atoms with Gasteiger partial charge in [-0.3, -0.25) is 4.79 Å². The summed E-state index contributed by atoms with van der Waals surface area (Å²) in [4.78, 5) is 24.2. The predicted molar refractivity (Wildman–Crippen MR) is 85.4 cm³/mol. The van der Waals surface area contributed by atoms with Crippen LogP contribution in [0, 0.1) is 32.9 Å². The minimum Gasteiger partial charge on any atom is -0.619 e. The maximum Gasteiger partial charge on any atom is 0.339 e. The smallest absolute Gasteiger partial charge is 0.339 e. The lowest BCUT2D eigenvalue weighted by molar-refractivity contribution is -0.605. The van der Waals surface area contributed by atoms with Gasteiger partial charge in [-0.2, -0.15) is 4.73 Å². The molecule has 1 heterocycles. The Labute approximate surface area is 135 Å². The van der Waals surface area contributed by atoms with Gasteiger partial charge in [0.2, 0.25) is 5.78 Å². The molecule has 5 heteroatoms. The highest BCUT2D eigenvalue weighted by molar-refractivity contribution is 6.00.